The van der Waals surface area contributed by atoms with Crippen molar-refractivity contribution in [1.82, 2.24) is 4.90 Å². The Morgan fingerprint density at radius 3 is 2.51 bits per heavy atom. The molecule has 0 saturated carbocycles. The van der Waals surface area contributed by atoms with Crippen LogP contribution >= 0.6 is 7.52 Å². The largest absolute Gasteiger partial charge is 0.509 e. The Morgan fingerprint density at radius 2 is 1.97 bits per heavy atom. The van der Waals surface area contributed by atoms with Gasteiger partial charge in [-0.05, 0) is 37.0 Å². The number of fused-ring (bicyclic) bond motifs is 1. The van der Waals surface area contributed by atoms with E-state index < -0.39 is 34.9 Å². The number of aliphatic hydroxyl groups excluding tert-OH is 1. The molecule has 0 bridgehead atoms. The first-order valence-electron chi connectivity index (χ1n) is 11.0. The minimum atomic E-state index is -3.90. The van der Waals surface area contributed by atoms with E-state index >= 15 is 0 Å². The topological polar surface area (TPSA) is 147 Å². The summed E-state index contributed by atoms with van der Waals surface area (Å²) in [5.74, 6) is -0.677. The molecule has 1 aromatic carbocycles. The molecule has 0 radical (unpaired) electrons. The lowest BCUT2D eigenvalue weighted by Gasteiger charge is -2.35. The van der Waals surface area contributed by atoms with E-state index in [9.17, 15) is 22.9 Å². The number of rotatable bonds is 8. The van der Waals surface area contributed by atoms with E-state index in [1.165, 1.54) is 25.3 Å². The third-order valence-corrected chi connectivity index (χ3v) is 8.42. The van der Waals surface area contributed by atoms with Crippen molar-refractivity contribution in [1.29, 1.82) is 0 Å². The van der Waals surface area contributed by atoms with Gasteiger partial charge < -0.3 is 24.6 Å². The molecular formula is C22H33N4O7PS. The van der Waals surface area contributed by atoms with Crippen molar-refractivity contribution < 1.29 is 32.1 Å². The van der Waals surface area contributed by atoms with E-state index in [-0.39, 0.29) is 34.3 Å². The second-order valence-electron chi connectivity index (χ2n) is 9.75. The molecule has 2 heterocycles. The number of aliphatic hydroxyl groups is 1. The van der Waals surface area contributed by atoms with E-state index in [0.717, 1.165) is 6.26 Å². The monoisotopic (exact) mass is 528 g/mol. The summed E-state index contributed by atoms with van der Waals surface area (Å²) in [6.07, 6.45) is 1.48. The van der Waals surface area contributed by atoms with Crippen LogP contribution in [0.15, 0.2) is 34.3 Å². The second-order valence-corrected chi connectivity index (χ2v) is 13.6. The van der Waals surface area contributed by atoms with Crippen molar-refractivity contribution >= 4 is 46.0 Å². The number of benzene rings is 1. The van der Waals surface area contributed by atoms with E-state index in [4.69, 9.17) is 9.26 Å². The predicted molar refractivity (Wildman–Crippen MR) is 136 cm³/mol. The number of amidine groups is 1. The minimum absolute atomic E-state index is 0.0643. The number of carbonyl (C=O) groups is 1. The van der Waals surface area contributed by atoms with Crippen LogP contribution < -0.4 is 15.3 Å². The van der Waals surface area contributed by atoms with Crippen molar-refractivity contribution in [3.8, 4) is 0 Å². The van der Waals surface area contributed by atoms with Crippen LogP contribution in [0.25, 0.3) is 0 Å². The van der Waals surface area contributed by atoms with Crippen LogP contribution in [0.1, 0.15) is 34.1 Å². The molecule has 194 valence electrons. The predicted octanol–water partition coefficient (Wildman–Crippen LogP) is 2.84. The van der Waals surface area contributed by atoms with E-state index in [1.807, 2.05) is 27.7 Å². The second kappa shape index (κ2) is 9.57. The molecular weight excluding hydrogens is 495 g/mol. The van der Waals surface area contributed by atoms with Gasteiger partial charge in [0.25, 0.3) is 5.91 Å². The van der Waals surface area contributed by atoms with E-state index in [2.05, 4.69) is 14.8 Å². The van der Waals surface area contributed by atoms with Crippen molar-refractivity contribution in [3.05, 3.63) is 29.5 Å². The minimum Gasteiger partial charge on any atom is -0.509 e. The van der Waals surface area contributed by atoms with Crippen LogP contribution in [-0.2, 0) is 28.6 Å². The van der Waals surface area contributed by atoms with Crippen LogP contribution in [-0.4, -0.2) is 69.3 Å². The zero-order chi connectivity index (χ0) is 26.3. The standard InChI is InChI=1S/C22H33N4O7PS/c1-13(32-5)10-11-26-19(22(2,3)4)18(27)17(21(26)28)20-23-15-9-8-14(25-35(7,30)31)12-16(15)34(29,24-20)33-6/h8-9,12-13,19,25,27H,10-11H2,1-7H3,(H,23,24,29). The fraction of sp³-hybridized carbons (Fsp3) is 0.545. The number of nitrogens with zero attached hydrogens (tertiary/aromatic N) is 2. The van der Waals surface area contributed by atoms with Crippen LogP contribution in [0.5, 0.6) is 0 Å². The van der Waals surface area contributed by atoms with Gasteiger partial charge in [-0.25, -0.2) is 8.42 Å². The number of methoxy groups -OCH3 is 1. The molecule has 3 N–H and O–H groups in total. The molecule has 2 aliphatic heterocycles. The third-order valence-electron chi connectivity index (χ3n) is 5.88. The molecule has 3 atom stereocenters. The third kappa shape index (κ3) is 5.55. The Labute approximate surface area is 206 Å². The summed E-state index contributed by atoms with van der Waals surface area (Å²) in [5, 5.41) is 14.3. The van der Waals surface area contributed by atoms with Crippen molar-refractivity contribution in [2.24, 2.45) is 10.2 Å². The first kappa shape index (κ1) is 27.2. The molecule has 0 fully saturated rings. The van der Waals surface area contributed by atoms with Gasteiger partial charge in [-0.3, -0.25) is 14.1 Å². The molecule has 0 aromatic heterocycles. The zero-order valence-corrected chi connectivity index (χ0v) is 22.7. The van der Waals surface area contributed by atoms with Gasteiger partial charge in [0.05, 0.1) is 29.4 Å². The molecule has 35 heavy (non-hydrogen) atoms. The van der Waals surface area contributed by atoms with Crippen molar-refractivity contribution in [3.63, 3.8) is 0 Å². The number of carbonyl (C=O) groups excluding carboxylic acids is 1. The van der Waals surface area contributed by atoms with Gasteiger partial charge in [0.1, 0.15) is 11.3 Å². The van der Waals surface area contributed by atoms with Crippen LogP contribution in [0.2, 0.25) is 0 Å². The highest BCUT2D eigenvalue weighted by Crippen LogP contribution is 2.52. The Morgan fingerprint density at radius 1 is 1.31 bits per heavy atom. The molecule has 11 nitrogen and oxygen atoms in total. The molecule has 3 rings (SSSR count). The highest BCUT2D eigenvalue weighted by molar-refractivity contribution is 7.92. The van der Waals surface area contributed by atoms with Gasteiger partial charge in [-0.2, -0.15) is 4.76 Å². The summed E-state index contributed by atoms with van der Waals surface area (Å²) in [7, 11) is -4.65. The number of sulfonamides is 1. The summed E-state index contributed by atoms with van der Waals surface area (Å²) in [6, 6.07) is 3.74. The summed E-state index contributed by atoms with van der Waals surface area (Å²) in [5.41, 5.74) is -0.0566. The van der Waals surface area contributed by atoms with E-state index in [1.54, 1.807) is 12.0 Å². The number of nitrogens with one attached hydrogen (secondary N) is 2. The maximum Gasteiger partial charge on any atom is 0.348 e. The average Bonchev–Trinajstić information content (AvgIpc) is 3.00. The number of amides is 1. The SMILES string of the molecule is COC(C)CCN1C(=O)C(C2=NP(=O)(OC)c3cc(NS(C)(=O)=O)ccc3N2)=C(O)C1C(C)(C)C. The summed E-state index contributed by atoms with van der Waals surface area (Å²) in [4.78, 5) is 15.1. The lowest BCUT2D eigenvalue weighted by atomic mass is 9.85. The molecule has 1 aromatic rings. The van der Waals surface area contributed by atoms with Crippen molar-refractivity contribution in [2.75, 3.05) is 37.1 Å². The lowest BCUT2D eigenvalue weighted by molar-refractivity contribution is -0.128. The molecule has 0 aliphatic carbocycles. The Balaban J connectivity index is 2.06. The fourth-order valence-electron chi connectivity index (χ4n) is 4.16. The molecule has 13 heteroatoms. The highest BCUT2D eigenvalue weighted by Gasteiger charge is 2.48. The maximum absolute atomic E-state index is 13.7. The summed E-state index contributed by atoms with van der Waals surface area (Å²) >= 11 is 0. The maximum atomic E-state index is 13.7. The Kier molecular flexibility index (Phi) is 7.44. The molecule has 3 unspecified atom stereocenters. The smallest absolute Gasteiger partial charge is 0.348 e. The quantitative estimate of drug-likeness (QED) is 0.437. The first-order valence-corrected chi connectivity index (χ1v) is 14.5. The van der Waals surface area contributed by atoms with Crippen LogP contribution in [0, 0.1) is 5.41 Å². The van der Waals surface area contributed by atoms with Gasteiger partial charge in [0, 0.05) is 26.5 Å². The summed E-state index contributed by atoms with van der Waals surface area (Å²) in [6.45, 7) is 7.98. The number of anilines is 2. The normalized spacial score (nSPS) is 23.6. The van der Waals surface area contributed by atoms with Crippen LogP contribution in [0.3, 0.4) is 0 Å². The summed E-state index contributed by atoms with van der Waals surface area (Å²) < 4.78 is 54.0. The molecule has 0 spiro atoms. The zero-order valence-electron chi connectivity index (χ0n) is 20.9. The average molecular weight is 529 g/mol. The van der Waals surface area contributed by atoms with Crippen LogP contribution in [0.4, 0.5) is 11.4 Å². The molecule has 0 saturated heterocycles. The van der Waals surface area contributed by atoms with Gasteiger partial charge in [0.2, 0.25) is 10.0 Å². The Bertz CT molecular complexity index is 1240. The highest BCUT2D eigenvalue weighted by atomic mass is 32.2. The molecule has 2 aliphatic rings. The number of ether oxygens (including phenoxy) is 1. The first-order chi connectivity index (χ1) is 16.1. The fourth-order valence-corrected chi connectivity index (χ4v) is 6.25. The van der Waals surface area contributed by atoms with Gasteiger partial charge in [-0.1, -0.05) is 20.8 Å². The van der Waals surface area contributed by atoms with Gasteiger partial charge >= 0.3 is 7.52 Å². The van der Waals surface area contributed by atoms with Gasteiger partial charge in [-0.15, -0.1) is 0 Å². The molecule has 1 amide bonds. The van der Waals surface area contributed by atoms with E-state index in [0.29, 0.717) is 18.7 Å². The number of hydrogen-bond donors (Lipinski definition) is 3. The Hall–Kier alpha value is -2.40. The lowest BCUT2D eigenvalue weighted by Crippen LogP contribution is -2.45. The van der Waals surface area contributed by atoms with Crippen molar-refractivity contribution in [2.45, 2.75) is 46.3 Å². The van der Waals surface area contributed by atoms with Gasteiger partial charge in [0.15, 0.2) is 5.84 Å². The number of hydrogen-bond acceptors (Lipinski definition) is 8.